The van der Waals surface area contributed by atoms with E-state index in [0.717, 1.165) is 23.5 Å². The minimum Gasteiger partial charge on any atom is -0.497 e. The van der Waals surface area contributed by atoms with Crippen molar-refractivity contribution in [3.05, 3.63) is 29.8 Å². The number of carbonyl (C=O) groups excluding carboxylic acids is 1. The minimum absolute atomic E-state index is 0.0125. The summed E-state index contributed by atoms with van der Waals surface area (Å²) >= 11 is 1.73. The Morgan fingerprint density at radius 3 is 3.00 bits per heavy atom. The average Bonchev–Trinajstić information content (AvgIpc) is 3.35. The van der Waals surface area contributed by atoms with Crippen LogP contribution in [0.5, 0.6) is 5.75 Å². The normalized spacial score (nSPS) is 26.7. The number of carboxylic acids is 1. The van der Waals surface area contributed by atoms with E-state index in [1.165, 1.54) is 0 Å². The molecule has 3 atom stereocenters. The van der Waals surface area contributed by atoms with Crippen molar-refractivity contribution in [2.24, 2.45) is 5.92 Å². The highest BCUT2D eigenvalue weighted by Gasteiger charge is 2.47. The zero-order chi connectivity index (χ0) is 16.4. The molecule has 1 aromatic carbocycles. The summed E-state index contributed by atoms with van der Waals surface area (Å²) in [6.45, 7) is 0.656. The van der Waals surface area contributed by atoms with Crippen LogP contribution in [-0.2, 0) is 9.59 Å². The van der Waals surface area contributed by atoms with Crippen molar-refractivity contribution in [2.45, 2.75) is 24.8 Å². The van der Waals surface area contributed by atoms with Crippen LogP contribution in [-0.4, -0.2) is 53.1 Å². The highest BCUT2D eigenvalue weighted by molar-refractivity contribution is 7.99. The van der Waals surface area contributed by atoms with Crippen molar-refractivity contribution in [2.75, 3.05) is 25.2 Å². The van der Waals surface area contributed by atoms with E-state index in [-0.39, 0.29) is 30.2 Å². The number of amides is 1. The molecule has 1 saturated carbocycles. The van der Waals surface area contributed by atoms with Crippen molar-refractivity contribution >= 4 is 23.6 Å². The minimum atomic E-state index is -0.838. The standard InChI is InChI=1S/C17H21NO4S/c1-22-13-4-2-3-11(7-13)14-9-15(14)17(21)18-5-6-23-10-12(18)8-16(19)20/h2-4,7,12,14-15H,5-6,8-10H2,1H3,(H,19,20). The van der Waals surface area contributed by atoms with E-state index in [0.29, 0.717) is 12.3 Å². The molecular weight excluding hydrogens is 314 g/mol. The van der Waals surface area contributed by atoms with Crippen LogP contribution in [0.1, 0.15) is 24.3 Å². The van der Waals surface area contributed by atoms with Gasteiger partial charge in [0.2, 0.25) is 5.91 Å². The Morgan fingerprint density at radius 1 is 1.43 bits per heavy atom. The molecule has 3 unspecified atom stereocenters. The fourth-order valence-corrected chi connectivity index (χ4v) is 4.30. The SMILES string of the molecule is COc1cccc(C2CC2C(=O)N2CCSCC2CC(=O)O)c1. The second kappa shape index (κ2) is 6.83. The summed E-state index contributed by atoms with van der Waals surface area (Å²) in [5.41, 5.74) is 1.13. The third kappa shape index (κ3) is 3.63. The van der Waals surface area contributed by atoms with Crippen LogP contribution < -0.4 is 4.74 Å². The lowest BCUT2D eigenvalue weighted by atomic mass is 10.1. The van der Waals surface area contributed by atoms with E-state index in [1.807, 2.05) is 24.3 Å². The van der Waals surface area contributed by atoms with Gasteiger partial charge >= 0.3 is 5.97 Å². The lowest BCUT2D eigenvalue weighted by molar-refractivity contribution is -0.140. The molecule has 1 aliphatic carbocycles. The molecule has 124 valence electrons. The molecule has 2 fully saturated rings. The maximum atomic E-state index is 12.8. The Morgan fingerprint density at radius 2 is 2.26 bits per heavy atom. The number of methoxy groups -OCH3 is 1. The monoisotopic (exact) mass is 335 g/mol. The highest BCUT2D eigenvalue weighted by atomic mass is 32.2. The first kappa shape index (κ1) is 16.2. The second-order valence-electron chi connectivity index (χ2n) is 6.08. The molecule has 6 heteroatoms. The first-order chi connectivity index (χ1) is 11.1. The number of carbonyl (C=O) groups is 2. The van der Waals surface area contributed by atoms with Crippen LogP contribution in [0.4, 0.5) is 0 Å². The summed E-state index contributed by atoms with van der Waals surface area (Å²) in [4.78, 5) is 25.6. The van der Waals surface area contributed by atoms with Crippen molar-refractivity contribution in [3.63, 3.8) is 0 Å². The summed E-state index contributed by atoms with van der Waals surface area (Å²) in [6.07, 6.45) is 0.880. The maximum absolute atomic E-state index is 12.8. The van der Waals surface area contributed by atoms with E-state index in [9.17, 15) is 9.59 Å². The van der Waals surface area contributed by atoms with Crippen molar-refractivity contribution in [1.29, 1.82) is 0 Å². The molecule has 1 saturated heterocycles. The van der Waals surface area contributed by atoms with Gasteiger partial charge < -0.3 is 14.7 Å². The Balaban J connectivity index is 1.67. The van der Waals surface area contributed by atoms with Gasteiger partial charge in [-0.25, -0.2) is 0 Å². The summed E-state index contributed by atoms with van der Waals surface area (Å²) in [5, 5.41) is 9.05. The topological polar surface area (TPSA) is 66.8 Å². The van der Waals surface area contributed by atoms with Crippen molar-refractivity contribution < 1.29 is 19.4 Å². The number of hydrogen-bond acceptors (Lipinski definition) is 4. The van der Waals surface area contributed by atoms with Crippen LogP contribution in [0.25, 0.3) is 0 Å². The molecule has 0 radical (unpaired) electrons. The summed E-state index contributed by atoms with van der Waals surface area (Å²) < 4.78 is 5.24. The zero-order valence-corrected chi connectivity index (χ0v) is 13.9. The molecule has 1 N–H and O–H groups in total. The number of rotatable bonds is 5. The van der Waals surface area contributed by atoms with Crippen molar-refractivity contribution in [3.8, 4) is 5.75 Å². The predicted octanol–water partition coefficient (Wildman–Crippen LogP) is 2.22. The number of ether oxygens (including phenoxy) is 1. The van der Waals surface area contributed by atoms with Crippen LogP contribution in [0.15, 0.2) is 24.3 Å². The highest BCUT2D eigenvalue weighted by Crippen LogP contribution is 2.49. The molecule has 1 aliphatic heterocycles. The van der Waals surface area contributed by atoms with Crippen LogP contribution in [0.3, 0.4) is 0 Å². The largest absolute Gasteiger partial charge is 0.497 e. The molecule has 0 spiro atoms. The van der Waals surface area contributed by atoms with Gasteiger partial charge in [0.05, 0.1) is 19.6 Å². The van der Waals surface area contributed by atoms with Gasteiger partial charge in [0, 0.05) is 24.0 Å². The average molecular weight is 335 g/mol. The van der Waals surface area contributed by atoms with Gasteiger partial charge in [-0.05, 0) is 30.0 Å². The Hall–Kier alpha value is -1.69. The van der Waals surface area contributed by atoms with Crippen LogP contribution in [0.2, 0.25) is 0 Å². The molecule has 1 heterocycles. The van der Waals surface area contributed by atoms with Gasteiger partial charge in [-0.3, -0.25) is 9.59 Å². The van der Waals surface area contributed by atoms with E-state index < -0.39 is 5.97 Å². The molecule has 1 amide bonds. The maximum Gasteiger partial charge on any atom is 0.305 e. The van der Waals surface area contributed by atoms with Gasteiger partial charge in [-0.15, -0.1) is 0 Å². The number of thioether (sulfide) groups is 1. The van der Waals surface area contributed by atoms with E-state index in [1.54, 1.807) is 23.8 Å². The van der Waals surface area contributed by atoms with Crippen LogP contribution in [0, 0.1) is 5.92 Å². The number of nitrogens with zero attached hydrogens (tertiary/aromatic N) is 1. The Kier molecular flexibility index (Phi) is 4.80. The Bertz CT molecular complexity index is 606. The molecule has 5 nitrogen and oxygen atoms in total. The lowest BCUT2D eigenvalue weighted by Gasteiger charge is -2.35. The molecule has 0 bridgehead atoms. The molecule has 23 heavy (non-hydrogen) atoms. The van der Waals surface area contributed by atoms with E-state index in [2.05, 4.69) is 0 Å². The summed E-state index contributed by atoms with van der Waals surface area (Å²) in [5.74, 6) is 1.91. The quantitative estimate of drug-likeness (QED) is 0.894. The van der Waals surface area contributed by atoms with Crippen LogP contribution >= 0.6 is 11.8 Å². The second-order valence-corrected chi connectivity index (χ2v) is 7.23. The molecular formula is C17H21NO4S. The van der Waals surface area contributed by atoms with E-state index in [4.69, 9.17) is 9.84 Å². The number of aliphatic carboxylic acids is 1. The summed E-state index contributed by atoms with van der Waals surface area (Å²) in [6, 6.07) is 7.68. The first-order valence-electron chi connectivity index (χ1n) is 7.84. The third-order valence-electron chi connectivity index (χ3n) is 4.55. The summed E-state index contributed by atoms with van der Waals surface area (Å²) in [7, 11) is 1.64. The number of carboxylic acid groups (broad SMARTS) is 1. The lowest BCUT2D eigenvalue weighted by Crippen LogP contribution is -2.47. The van der Waals surface area contributed by atoms with Crippen molar-refractivity contribution in [1.82, 2.24) is 4.90 Å². The fourth-order valence-electron chi connectivity index (χ4n) is 3.24. The Labute approximate surface area is 140 Å². The zero-order valence-electron chi connectivity index (χ0n) is 13.1. The van der Waals surface area contributed by atoms with Gasteiger partial charge in [0.15, 0.2) is 0 Å². The van der Waals surface area contributed by atoms with E-state index >= 15 is 0 Å². The number of hydrogen-bond donors (Lipinski definition) is 1. The third-order valence-corrected chi connectivity index (χ3v) is 5.64. The smallest absolute Gasteiger partial charge is 0.305 e. The first-order valence-corrected chi connectivity index (χ1v) is 8.99. The molecule has 1 aromatic rings. The predicted molar refractivity (Wildman–Crippen MR) is 88.9 cm³/mol. The van der Waals surface area contributed by atoms with Gasteiger partial charge in [0.1, 0.15) is 5.75 Å². The number of benzene rings is 1. The fraction of sp³-hybridized carbons (Fsp3) is 0.529. The van der Waals surface area contributed by atoms with Gasteiger partial charge in [-0.1, -0.05) is 12.1 Å². The van der Waals surface area contributed by atoms with Gasteiger partial charge in [0.25, 0.3) is 0 Å². The molecule has 2 aliphatic rings. The van der Waals surface area contributed by atoms with Gasteiger partial charge in [-0.2, -0.15) is 11.8 Å². The molecule has 3 rings (SSSR count). The molecule has 0 aromatic heterocycles.